The largest absolute Gasteiger partial charge is 0.384 e. The monoisotopic (exact) mass is 287 g/mol. The molecule has 108 valence electrons. The van der Waals surface area contributed by atoms with Crippen LogP contribution in [0, 0.1) is 17.5 Å². The molecule has 8 heteroatoms. The van der Waals surface area contributed by atoms with Crippen LogP contribution in [0.3, 0.4) is 0 Å². The minimum atomic E-state index is -1.24. The van der Waals surface area contributed by atoms with Crippen LogP contribution in [0.5, 0.6) is 0 Å². The second-order valence-electron chi connectivity index (χ2n) is 3.95. The van der Waals surface area contributed by atoms with E-state index in [0.717, 1.165) is 6.07 Å². The molecule has 2 aromatic rings. The summed E-state index contributed by atoms with van der Waals surface area (Å²) in [5.74, 6) is -2.62. The highest BCUT2D eigenvalue weighted by atomic mass is 19.2. The van der Waals surface area contributed by atoms with Crippen LogP contribution in [0.25, 0.3) is 0 Å². The lowest BCUT2D eigenvalue weighted by atomic mass is 10.3. The van der Waals surface area contributed by atoms with Crippen molar-refractivity contribution in [2.75, 3.05) is 19.0 Å². The van der Waals surface area contributed by atoms with Gasteiger partial charge in [0.15, 0.2) is 17.5 Å². The van der Waals surface area contributed by atoms with Gasteiger partial charge in [-0.1, -0.05) is 5.16 Å². The molecule has 0 radical (unpaired) electrons. The van der Waals surface area contributed by atoms with Crippen LogP contribution >= 0.6 is 0 Å². The predicted octanol–water partition coefficient (Wildman–Crippen LogP) is 2.29. The number of aromatic nitrogens is 2. The number of hydrogen-bond acceptors (Lipinski definition) is 5. The summed E-state index contributed by atoms with van der Waals surface area (Å²) in [5, 5.41) is 6.24. The van der Waals surface area contributed by atoms with E-state index in [0.29, 0.717) is 24.9 Å². The minimum absolute atomic E-state index is 0.00196. The van der Waals surface area contributed by atoms with Gasteiger partial charge >= 0.3 is 0 Å². The molecule has 2 rings (SSSR count). The Hall–Kier alpha value is -2.09. The maximum absolute atomic E-state index is 13.4. The van der Waals surface area contributed by atoms with Crippen molar-refractivity contribution in [2.24, 2.45) is 0 Å². The smallest absolute Gasteiger partial charge is 0.245 e. The molecule has 0 aliphatic heterocycles. The highest BCUT2D eigenvalue weighted by Crippen LogP contribution is 2.18. The number of halogens is 3. The first-order chi connectivity index (χ1) is 9.60. The average Bonchev–Trinajstić information content (AvgIpc) is 2.87. The van der Waals surface area contributed by atoms with Gasteiger partial charge in [0.2, 0.25) is 5.89 Å². The summed E-state index contributed by atoms with van der Waals surface area (Å²) in [7, 11) is 1.55. The molecule has 0 fully saturated rings. The Bertz CT molecular complexity index is 589. The molecule has 1 aromatic heterocycles. The van der Waals surface area contributed by atoms with E-state index >= 15 is 0 Å². The summed E-state index contributed by atoms with van der Waals surface area (Å²) < 4.78 is 48.9. The van der Waals surface area contributed by atoms with Gasteiger partial charge in [-0.3, -0.25) is 0 Å². The van der Waals surface area contributed by atoms with Crippen LogP contribution in [-0.4, -0.2) is 23.9 Å². The van der Waals surface area contributed by atoms with Crippen molar-refractivity contribution < 1.29 is 22.4 Å². The van der Waals surface area contributed by atoms with Crippen molar-refractivity contribution >= 4 is 5.69 Å². The topological polar surface area (TPSA) is 60.2 Å². The van der Waals surface area contributed by atoms with Gasteiger partial charge < -0.3 is 14.6 Å². The Morgan fingerprint density at radius 2 is 1.95 bits per heavy atom. The molecule has 5 nitrogen and oxygen atoms in total. The van der Waals surface area contributed by atoms with Crippen molar-refractivity contribution in [1.29, 1.82) is 0 Å². The maximum Gasteiger partial charge on any atom is 0.245 e. The van der Waals surface area contributed by atoms with Gasteiger partial charge in [-0.05, 0) is 0 Å². The first-order valence-corrected chi connectivity index (χ1v) is 5.79. The van der Waals surface area contributed by atoms with E-state index in [1.165, 1.54) is 0 Å². The first-order valence-electron chi connectivity index (χ1n) is 5.79. The van der Waals surface area contributed by atoms with Crippen LogP contribution in [0.2, 0.25) is 0 Å². The van der Waals surface area contributed by atoms with Gasteiger partial charge in [0.1, 0.15) is 5.82 Å². The van der Waals surface area contributed by atoms with E-state index < -0.39 is 17.5 Å². The van der Waals surface area contributed by atoms with E-state index in [-0.39, 0.29) is 18.1 Å². The van der Waals surface area contributed by atoms with Gasteiger partial charge in [0, 0.05) is 25.7 Å². The average molecular weight is 287 g/mol. The standard InChI is InChI=1S/C12H12F3N3O2/c1-19-3-2-11-17-12(20-18-11)6-16-10-5-8(14)7(13)4-9(10)15/h4-5,16H,2-3,6H2,1H3. The molecule has 0 unspecified atom stereocenters. The summed E-state index contributed by atoms with van der Waals surface area (Å²) in [5.41, 5.74) is -0.180. The number of ether oxygens (including phenoxy) is 1. The third-order valence-electron chi connectivity index (χ3n) is 2.48. The zero-order valence-electron chi connectivity index (χ0n) is 10.6. The molecule has 1 N–H and O–H groups in total. The Kier molecular flexibility index (Phi) is 4.57. The van der Waals surface area contributed by atoms with Gasteiger partial charge in [0.05, 0.1) is 18.8 Å². The fourth-order valence-electron chi connectivity index (χ4n) is 1.49. The Morgan fingerprint density at radius 3 is 2.70 bits per heavy atom. The number of nitrogens with zero attached hydrogens (tertiary/aromatic N) is 2. The van der Waals surface area contributed by atoms with Gasteiger partial charge in [-0.15, -0.1) is 0 Å². The van der Waals surface area contributed by atoms with Crippen molar-refractivity contribution in [3.05, 3.63) is 41.3 Å². The molecule has 0 aliphatic carbocycles. The highest BCUT2D eigenvalue weighted by molar-refractivity contribution is 5.45. The summed E-state index contributed by atoms with van der Waals surface area (Å²) >= 11 is 0. The molecule has 0 amide bonds. The van der Waals surface area contributed by atoms with Crippen LogP contribution in [0.15, 0.2) is 16.7 Å². The number of nitrogens with one attached hydrogen (secondary N) is 1. The fourth-order valence-corrected chi connectivity index (χ4v) is 1.49. The Labute approximate surface area is 112 Å². The van der Waals surface area contributed by atoms with Crippen LogP contribution in [0.4, 0.5) is 18.9 Å². The quantitative estimate of drug-likeness (QED) is 0.826. The molecule has 0 bridgehead atoms. The molecule has 0 atom stereocenters. The van der Waals surface area contributed by atoms with Gasteiger partial charge in [0.25, 0.3) is 0 Å². The Morgan fingerprint density at radius 1 is 1.20 bits per heavy atom. The maximum atomic E-state index is 13.4. The van der Waals surface area contributed by atoms with E-state index in [1.807, 2.05) is 0 Å². The van der Waals surface area contributed by atoms with Crippen LogP contribution in [-0.2, 0) is 17.7 Å². The van der Waals surface area contributed by atoms with Crippen molar-refractivity contribution in [3.63, 3.8) is 0 Å². The molecular weight excluding hydrogens is 275 g/mol. The second kappa shape index (κ2) is 6.38. The molecule has 1 heterocycles. The second-order valence-corrected chi connectivity index (χ2v) is 3.95. The van der Waals surface area contributed by atoms with Crippen LogP contribution in [0.1, 0.15) is 11.7 Å². The summed E-state index contributed by atoms with van der Waals surface area (Å²) in [6.45, 7) is 0.451. The number of hydrogen-bond donors (Lipinski definition) is 1. The number of rotatable bonds is 6. The lowest BCUT2D eigenvalue weighted by Crippen LogP contribution is -2.04. The zero-order chi connectivity index (χ0) is 14.5. The summed E-state index contributed by atoms with van der Waals surface area (Å²) in [6.07, 6.45) is 0.486. The zero-order valence-corrected chi connectivity index (χ0v) is 10.6. The van der Waals surface area contributed by atoms with E-state index in [2.05, 4.69) is 15.5 Å². The van der Waals surface area contributed by atoms with E-state index in [1.54, 1.807) is 7.11 Å². The third-order valence-corrected chi connectivity index (χ3v) is 2.48. The lowest BCUT2D eigenvalue weighted by molar-refractivity contribution is 0.199. The lowest BCUT2D eigenvalue weighted by Gasteiger charge is -2.05. The van der Waals surface area contributed by atoms with Crippen molar-refractivity contribution in [2.45, 2.75) is 13.0 Å². The molecule has 20 heavy (non-hydrogen) atoms. The molecule has 0 aliphatic rings. The summed E-state index contributed by atoms with van der Waals surface area (Å²) in [4.78, 5) is 4.02. The molecular formula is C12H12F3N3O2. The third kappa shape index (κ3) is 3.47. The van der Waals surface area contributed by atoms with Gasteiger partial charge in [-0.2, -0.15) is 4.98 Å². The number of benzene rings is 1. The normalized spacial score (nSPS) is 10.8. The van der Waals surface area contributed by atoms with E-state index in [9.17, 15) is 13.2 Å². The van der Waals surface area contributed by atoms with E-state index in [4.69, 9.17) is 9.26 Å². The number of anilines is 1. The molecule has 0 saturated carbocycles. The highest BCUT2D eigenvalue weighted by Gasteiger charge is 2.11. The molecule has 0 saturated heterocycles. The number of methoxy groups -OCH3 is 1. The SMILES string of the molecule is COCCc1noc(CNc2cc(F)c(F)cc2F)n1. The van der Waals surface area contributed by atoms with Gasteiger partial charge in [-0.25, -0.2) is 13.2 Å². The predicted molar refractivity (Wildman–Crippen MR) is 63.5 cm³/mol. The minimum Gasteiger partial charge on any atom is -0.384 e. The fraction of sp³-hybridized carbons (Fsp3) is 0.333. The first kappa shape index (κ1) is 14.3. The Balaban J connectivity index is 1.98. The molecule has 0 spiro atoms. The van der Waals surface area contributed by atoms with Crippen molar-refractivity contribution in [3.8, 4) is 0 Å². The molecule has 1 aromatic carbocycles. The van der Waals surface area contributed by atoms with Crippen molar-refractivity contribution in [1.82, 2.24) is 10.1 Å². The summed E-state index contributed by atoms with van der Waals surface area (Å²) in [6, 6.07) is 1.20. The van der Waals surface area contributed by atoms with Crippen LogP contribution < -0.4 is 5.32 Å².